The molecule has 2 aromatic carbocycles. The maximum Gasteiger partial charge on any atom is 0.283 e. The van der Waals surface area contributed by atoms with Crippen LogP contribution in [0.3, 0.4) is 0 Å². The van der Waals surface area contributed by atoms with Crippen molar-refractivity contribution >= 4 is 61.1 Å². The second-order valence-corrected chi connectivity index (χ2v) is 7.93. The fourth-order valence-corrected chi connectivity index (χ4v) is 4.24. The molecule has 0 aliphatic carbocycles. The SMILES string of the molecule is C=CCOc1ccc(Br)cc1/C=N/NC(=O)c1sc2cc(OC)ccc2c1Cl. The summed E-state index contributed by atoms with van der Waals surface area (Å²) in [4.78, 5) is 12.9. The lowest BCUT2D eigenvalue weighted by Crippen LogP contribution is -2.16. The van der Waals surface area contributed by atoms with Crippen molar-refractivity contribution in [3.8, 4) is 11.5 Å². The van der Waals surface area contributed by atoms with E-state index in [-0.39, 0.29) is 5.91 Å². The number of carbonyl (C=O) groups excluding carboxylic acids is 1. The highest BCUT2D eigenvalue weighted by Crippen LogP contribution is 2.37. The smallest absolute Gasteiger partial charge is 0.283 e. The van der Waals surface area contributed by atoms with Gasteiger partial charge in [-0.3, -0.25) is 4.79 Å². The lowest BCUT2D eigenvalue weighted by atomic mass is 10.2. The predicted molar refractivity (Wildman–Crippen MR) is 118 cm³/mol. The van der Waals surface area contributed by atoms with Gasteiger partial charge in [-0.05, 0) is 36.4 Å². The van der Waals surface area contributed by atoms with Gasteiger partial charge in [0, 0.05) is 20.1 Å². The number of thiophene rings is 1. The van der Waals surface area contributed by atoms with Crippen LogP contribution >= 0.6 is 38.9 Å². The number of rotatable bonds is 7. The first-order chi connectivity index (χ1) is 13.5. The van der Waals surface area contributed by atoms with Crippen molar-refractivity contribution in [2.75, 3.05) is 13.7 Å². The highest BCUT2D eigenvalue weighted by molar-refractivity contribution is 9.10. The lowest BCUT2D eigenvalue weighted by Gasteiger charge is -2.07. The predicted octanol–water partition coefficient (Wildman–Crippen LogP) is 5.65. The number of nitrogens with zero attached hydrogens (tertiary/aromatic N) is 1. The quantitative estimate of drug-likeness (QED) is 0.270. The summed E-state index contributed by atoms with van der Waals surface area (Å²) in [5, 5.41) is 5.24. The summed E-state index contributed by atoms with van der Waals surface area (Å²) in [6.45, 7) is 4.01. The summed E-state index contributed by atoms with van der Waals surface area (Å²) in [5.74, 6) is 0.954. The molecule has 0 saturated carbocycles. The summed E-state index contributed by atoms with van der Waals surface area (Å²) in [7, 11) is 1.59. The second-order valence-electron chi connectivity index (χ2n) is 5.59. The molecule has 0 saturated heterocycles. The molecule has 0 radical (unpaired) electrons. The Labute approximate surface area is 179 Å². The fraction of sp³-hybridized carbons (Fsp3) is 0.100. The molecule has 8 heteroatoms. The summed E-state index contributed by atoms with van der Waals surface area (Å²) in [6, 6.07) is 11.0. The van der Waals surface area contributed by atoms with Gasteiger partial charge in [0.2, 0.25) is 0 Å². The number of hydrogen-bond acceptors (Lipinski definition) is 5. The van der Waals surface area contributed by atoms with Crippen molar-refractivity contribution in [3.63, 3.8) is 0 Å². The molecule has 0 bridgehead atoms. The van der Waals surface area contributed by atoms with Crippen LogP contribution in [0.1, 0.15) is 15.2 Å². The first-order valence-corrected chi connectivity index (χ1v) is 10.1. The Balaban J connectivity index is 1.79. The van der Waals surface area contributed by atoms with Gasteiger partial charge in [-0.2, -0.15) is 5.10 Å². The second kappa shape index (κ2) is 9.23. The minimum absolute atomic E-state index is 0.371. The zero-order chi connectivity index (χ0) is 20.1. The Hall–Kier alpha value is -2.35. The van der Waals surface area contributed by atoms with Gasteiger partial charge in [0.1, 0.15) is 23.0 Å². The van der Waals surface area contributed by atoms with Gasteiger partial charge < -0.3 is 9.47 Å². The normalized spacial score (nSPS) is 11.0. The van der Waals surface area contributed by atoms with Gasteiger partial charge in [0.15, 0.2) is 0 Å². The molecule has 1 amide bonds. The van der Waals surface area contributed by atoms with Crippen molar-refractivity contribution < 1.29 is 14.3 Å². The Kier molecular flexibility index (Phi) is 6.72. The Morgan fingerprint density at radius 2 is 2.18 bits per heavy atom. The first-order valence-electron chi connectivity index (χ1n) is 8.16. The number of amides is 1. The third-order valence-electron chi connectivity index (χ3n) is 3.74. The van der Waals surface area contributed by atoms with E-state index < -0.39 is 0 Å². The number of carbonyl (C=O) groups is 1. The van der Waals surface area contributed by atoms with Crippen molar-refractivity contribution in [2.45, 2.75) is 0 Å². The highest BCUT2D eigenvalue weighted by Gasteiger charge is 2.17. The van der Waals surface area contributed by atoms with Crippen LogP contribution in [0.5, 0.6) is 11.5 Å². The lowest BCUT2D eigenvalue weighted by molar-refractivity contribution is 0.0959. The van der Waals surface area contributed by atoms with Crippen LogP contribution in [0.4, 0.5) is 0 Å². The van der Waals surface area contributed by atoms with Crippen molar-refractivity contribution in [1.82, 2.24) is 5.43 Å². The van der Waals surface area contributed by atoms with Gasteiger partial charge in [-0.1, -0.05) is 40.2 Å². The van der Waals surface area contributed by atoms with Crippen molar-refractivity contribution in [3.05, 3.63) is 69.0 Å². The Morgan fingerprint density at radius 3 is 2.93 bits per heavy atom. The monoisotopic (exact) mass is 478 g/mol. The third-order valence-corrected chi connectivity index (χ3v) is 5.89. The van der Waals surface area contributed by atoms with E-state index in [1.54, 1.807) is 19.3 Å². The summed E-state index contributed by atoms with van der Waals surface area (Å²) < 4.78 is 12.5. The molecule has 5 nitrogen and oxygen atoms in total. The number of halogens is 2. The molecule has 0 aliphatic heterocycles. The number of fused-ring (bicyclic) bond motifs is 1. The van der Waals surface area contributed by atoms with E-state index >= 15 is 0 Å². The fourth-order valence-electron chi connectivity index (χ4n) is 2.43. The van der Waals surface area contributed by atoms with Gasteiger partial charge in [-0.15, -0.1) is 11.3 Å². The molecule has 0 atom stereocenters. The maximum absolute atomic E-state index is 12.5. The molecule has 3 aromatic rings. The molecule has 0 unspecified atom stereocenters. The van der Waals surface area contributed by atoms with E-state index in [1.807, 2.05) is 30.3 Å². The molecule has 0 fully saturated rings. The minimum Gasteiger partial charge on any atom is -0.497 e. The van der Waals surface area contributed by atoms with E-state index in [2.05, 4.69) is 33.0 Å². The third kappa shape index (κ3) is 4.55. The molecule has 0 spiro atoms. The molecule has 1 aromatic heterocycles. The number of hydrogen-bond donors (Lipinski definition) is 1. The summed E-state index contributed by atoms with van der Waals surface area (Å²) in [5.41, 5.74) is 3.23. The number of benzene rings is 2. The van der Waals surface area contributed by atoms with E-state index in [9.17, 15) is 4.79 Å². The largest absolute Gasteiger partial charge is 0.497 e. The maximum atomic E-state index is 12.5. The van der Waals surface area contributed by atoms with E-state index in [1.165, 1.54) is 17.6 Å². The van der Waals surface area contributed by atoms with Gasteiger partial charge in [-0.25, -0.2) is 5.43 Å². The van der Waals surface area contributed by atoms with Crippen LogP contribution in [0, 0.1) is 0 Å². The number of methoxy groups -OCH3 is 1. The number of ether oxygens (including phenoxy) is 2. The van der Waals surface area contributed by atoms with Crippen LogP contribution in [0.2, 0.25) is 5.02 Å². The van der Waals surface area contributed by atoms with Gasteiger partial charge in [0.05, 0.1) is 18.3 Å². The molecular weight excluding hydrogens is 464 g/mol. The molecule has 0 aliphatic rings. The topological polar surface area (TPSA) is 59.9 Å². The molecular formula is C20H16BrClN2O3S. The molecule has 1 heterocycles. The molecule has 1 N–H and O–H groups in total. The molecule has 3 rings (SSSR count). The zero-order valence-corrected chi connectivity index (χ0v) is 18.0. The van der Waals surface area contributed by atoms with Crippen LogP contribution in [-0.2, 0) is 0 Å². The average molecular weight is 480 g/mol. The van der Waals surface area contributed by atoms with Crippen molar-refractivity contribution in [2.24, 2.45) is 5.10 Å². The highest BCUT2D eigenvalue weighted by atomic mass is 79.9. The van der Waals surface area contributed by atoms with Crippen LogP contribution < -0.4 is 14.9 Å². The Morgan fingerprint density at radius 1 is 1.36 bits per heavy atom. The Bertz CT molecular complexity index is 1070. The summed E-state index contributed by atoms with van der Waals surface area (Å²) in [6.07, 6.45) is 3.18. The van der Waals surface area contributed by atoms with E-state index in [0.717, 1.165) is 14.6 Å². The number of nitrogens with one attached hydrogen (secondary N) is 1. The van der Waals surface area contributed by atoms with Gasteiger partial charge >= 0.3 is 0 Å². The van der Waals surface area contributed by atoms with Crippen LogP contribution in [0.25, 0.3) is 10.1 Å². The van der Waals surface area contributed by atoms with E-state index in [4.69, 9.17) is 21.1 Å². The van der Waals surface area contributed by atoms with Gasteiger partial charge in [0.25, 0.3) is 5.91 Å². The van der Waals surface area contributed by atoms with Crippen LogP contribution in [-0.4, -0.2) is 25.8 Å². The first kappa shape index (κ1) is 20.4. The zero-order valence-electron chi connectivity index (χ0n) is 14.9. The van der Waals surface area contributed by atoms with Crippen LogP contribution in [0.15, 0.2) is 58.6 Å². The number of hydrazone groups is 1. The summed E-state index contributed by atoms with van der Waals surface area (Å²) >= 11 is 11.1. The molecule has 28 heavy (non-hydrogen) atoms. The van der Waals surface area contributed by atoms with E-state index in [0.29, 0.717) is 33.6 Å². The van der Waals surface area contributed by atoms with Crippen molar-refractivity contribution in [1.29, 1.82) is 0 Å². The average Bonchev–Trinajstić information content (AvgIpc) is 3.03. The molecule has 144 valence electrons. The standard InChI is InChI=1S/C20H16BrClN2O3S/c1-3-8-27-16-7-4-13(21)9-12(16)11-23-24-20(25)19-18(22)15-6-5-14(26-2)10-17(15)28-19/h3-7,9-11H,1,8H2,2H3,(H,24,25)/b23-11+. The minimum atomic E-state index is -0.384.